The predicted molar refractivity (Wildman–Crippen MR) is 131 cm³/mol. The molecule has 4 N–H and O–H groups in total. The van der Waals surface area contributed by atoms with Crippen LogP contribution < -0.4 is 5.32 Å². The zero-order valence-electron chi connectivity index (χ0n) is 18.4. The summed E-state index contributed by atoms with van der Waals surface area (Å²) in [5.74, 6) is -0.753. The first-order valence-corrected chi connectivity index (χ1v) is 13.3. The van der Waals surface area contributed by atoms with Crippen LogP contribution >= 0.6 is 21.6 Å². The van der Waals surface area contributed by atoms with Crippen molar-refractivity contribution in [3.63, 3.8) is 0 Å². The van der Waals surface area contributed by atoms with Crippen molar-refractivity contribution in [3.8, 4) is 0 Å². The Bertz CT molecular complexity index is 1410. The number of nitrogens with one attached hydrogen (secondary N) is 2. The largest absolute Gasteiger partial charge is 0.389 e. The van der Waals surface area contributed by atoms with Crippen LogP contribution in [0.4, 0.5) is 5.69 Å². The number of para-hydroxylation sites is 2. The van der Waals surface area contributed by atoms with Crippen LogP contribution in [-0.4, -0.2) is 72.0 Å². The van der Waals surface area contributed by atoms with Gasteiger partial charge in [-0.1, -0.05) is 36.4 Å². The molecule has 34 heavy (non-hydrogen) atoms. The van der Waals surface area contributed by atoms with Crippen molar-refractivity contribution in [2.75, 3.05) is 12.4 Å². The molecule has 3 aromatic rings. The van der Waals surface area contributed by atoms with E-state index in [0.717, 1.165) is 38.5 Å². The quantitative estimate of drug-likeness (QED) is 0.404. The number of benzene rings is 2. The second-order valence-corrected chi connectivity index (χ2v) is 12.0. The lowest BCUT2D eigenvalue weighted by atomic mass is 9.70. The van der Waals surface area contributed by atoms with E-state index in [9.17, 15) is 19.8 Å². The number of H-pyrrole nitrogens is 1. The number of carbonyl (C=O) groups excluding carboxylic acids is 2. The van der Waals surface area contributed by atoms with Gasteiger partial charge in [-0.15, -0.1) is 0 Å². The smallest absolute Gasteiger partial charge is 0.266 e. The molecule has 4 fully saturated rings. The van der Waals surface area contributed by atoms with Crippen LogP contribution in [0.15, 0.2) is 54.7 Å². The second kappa shape index (κ2) is 6.31. The van der Waals surface area contributed by atoms with E-state index in [4.69, 9.17) is 0 Å². The van der Waals surface area contributed by atoms with Crippen LogP contribution in [0.1, 0.15) is 18.1 Å². The zero-order chi connectivity index (χ0) is 23.6. The number of nitrogens with zero attached hydrogens (tertiary/aromatic N) is 2. The van der Waals surface area contributed by atoms with Crippen molar-refractivity contribution in [1.29, 1.82) is 0 Å². The van der Waals surface area contributed by atoms with Gasteiger partial charge >= 0.3 is 0 Å². The number of aromatic amines is 1. The van der Waals surface area contributed by atoms with E-state index in [0.29, 0.717) is 0 Å². The SMILES string of the molecule is CC(O)[C@@]12SS[C@]3(C(=O)N1C)[C@@H](O)[C@]1(c4c[nH]c5ccccc45)c4ccccc4N[C@@H]1N3C2=O. The molecular formula is C24H22N4O4S2. The van der Waals surface area contributed by atoms with Gasteiger partial charge in [0.25, 0.3) is 11.8 Å². The molecule has 5 aliphatic rings. The summed E-state index contributed by atoms with van der Waals surface area (Å²) in [5.41, 5.74) is 2.28. The van der Waals surface area contributed by atoms with E-state index in [1.165, 1.54) is 27.5 Å². The number of piperazine rings is 1. The molecule has 0 saturated carbocycles. The number of rotatable bonds is 2. The lowest BCUT2D eigenvalue weighted by Crippen LogP contribution is -2.80. The molecule has 4 saturated heterocycles. The fourth-order valence-electron chi connectivity index (χ4n) is 6.49. The number of aromatic nitrogens is 1. The highest BCUT2D eigenvalue weighted by Gasteiger charge is 2.83. The van der Waals surface area contributed by atoms with Gasteiger partial charge in [-0.2, -0.15) is 0 Å². The third kappa shape index (κ3) is 1.90. The van der Waals surface area contributed by atoms with Crippen LogP contribution in [0.25, 0.3) is 10.9 Å². The van der Waals surface area contributed by atoms with Gasteiger partial charge < -0.3 is 25.4 Å². The Morgan fingerprint density at radius 2 is 1.76 bits per heavy atom. The maximum absolute atomic E-state index is 14.2. The van der Waals surface area contributed by atoms with Gasteiger partial charge in [0.05, 0.1) is 11.5 Å². The minimum absolute atomic E-state index is 0.376. The average molecular weight is 495 g/mol. The normalized spacial score (nSPS) is 36.5. The summed E-state index contributed by atoms with van der Waals surface area (Å²) < 4.78 is 0. The molecule has 6 atom stereocenters. The average Bonchev–Trinajstić information content (AvgIpc) is 3.46. The molecule has 1 aromatic heterocycles. The number of carbonyl (C=O) groups is 2. The maximum Gasteiger partial charge on any atom is 0.266 e. The first-order valence-electron chi connectivity index (χ1n) is 11.1. The highest BCUT2D eigenvalue weighted by atomic mass is 33.1. The topological polar surface area (TPSA) is 109 Å². The molecule has 5 aliphatic heterocycles. The van der Waals surface area contributed by atoms with Crippen LogP contribution in [0.5, 0.6) is 0 Å². The van der Waals surface area contributed by atoms with Gasteiger partial charge in [0.2, 0.25) is 9.74 Å². The van der Waals surface area contributed by atoms with Crippen molar-refractivity contribution in [2.45, 2.75) is 40.5 Å². The molecule has 6 heterocycles. The van der Waals surface area contributed by atoms with E-state index >= 15 is 0 Å². The Morgan fingerprint density at radius 1 is 1.03 bits per heavy atom. The van der Waals surface area contributed by atoms with Crippen LogP contribution in [0.3, 0.4) is 0 Å². The highest BCUT2D eigenvalue weighted by molar-refractivity contribution is 8.78. The molecule has 174 valence electrons. The van der Waals surface area contributed by atoms with Crippen LogP contribution in [-0.2, 0) is 15.0 Å². The monoisotopic (exact) mass is 494 g/mol. The molecule has 8 rings (SSSR count). The van der Waals surface area contributed by atoms with Crippen molar-refractivity contribution in [2.24, 2.45) is 0 Å². The van der Waals surface area contributed by atoms with Crippen molar-refractivity contribution in [1.82, 2.24) is 14.8 Å². The number of fused-ring (bicyclic) bond motifs is 6. The molecule has 0 aliphatic carbocycles. The summed E-state index contributed by atoms with van der Waals surface area (Å²) in [4.78, 5) is 31.3. The van der Waals surface area contributed by atoms with E-state index in [1.807, 2.05) is 54.7 Å². The molecule has 1 spiro atoms. The highest BCUT2D eigenvalue weighted by Crippen LogP contribution is 2.70. The Balaban J connectivity index is 1.57. The van der Waals surface area contributed by atoms with Gasteiger partial charge in [-0.3, -0.25) is 14.5 Å². The zero-order valence-corrected chi connectivity index (χ0v) is 20.0. The predicted octanol–water partition coefficient (Wildman–Crippen LogP) is 2.05. The molecule has 2 amide bonds. The standard InChI is InChI=1S/C24H22N4O4S2/c1-12(29)23-21(32)28-19-22(14-8-4-6-10-17(14)26-19,15-11-25-16-9-5-3-7-13(15)16)18(30)24(28,34-33-23)20(31)27(23)2/h3-12,18-19,25-26,29-30H,1-2H3/t12?,18-,19+,22+,23-,24-/m0/s1. The molecule has 0 radical (unpaired) electrons. The number of hydrogen-bond acceptors (Lipinski definition) is 7. The molecule has 10 heteroatoms. The van der Waals surface area contributed by atoms with E-state index in [2.05, 4.69) is 10.3 Å². The number of aliphatic hydroxyl groups is 2. The van der Waals surface area contributed by atoms with Gasteiger partial charge in [0.15, 0.2) is 0 Å². The third-order valence-corrected chi connectivity index (χ3v) is 11.8. The van der Waals surface area contributed by atoms with Gasteiger partial charge in [-0.05, 0) is 51.8 Å². The molecule has 2 aromatic carbocycles. The van der Waals surface area contributed by atoms with Crippen molar-refractivity contribution >= 4 is 50.0 Å². The fraction of sp³-hybridized carbons (Fsp3) is 0.333. The van der Waals surface area contributed by atoms with Crippen molar-refractivity contribution < 1.29 is 19.8 Å². The Hall–Kier alpha value is -2.66. The minimum Gasteiger partial charge on any atom is -0.389 e. The Labute approximate surface area is 203 Å². The van der Waals surface area contributed by atoms with Gasteiger partial charge in [0, 0.05) is 29.8 Å². The maximum atomic E-state index is 14.2. The van der Waals surface area contributed by atoms with E-state index < -0.39 is 33.5 Å². The lowest BCUT2D eigenvalue weighted by Gasteiger charge is -2.59. The van der Waals surface area contributed by atoms with E-state index in [-0.39, 0.29) is 11.8 Å². The molecule has 2 bridgehead atoms. The van der Waals surface area contributed by atoms with Crippen molar-refractivity contribution in [3.05, 3.63) is 65.9 Å². The first-order chi connectivity index (χ1) is 16.3. The molecule has 1 unspecified atom stereocenters. The Kier molecular flexibility index (Phi) is 3.84. The van der Waals surface area contributed by atoms with E-state index in [1.54, 1.807) is 7.05 Å². The summed E-state index contributed by atoms with van der Waals surface area (Å²) in [7, 11) is 3.89. The van der Waals surface area contributed by atoms with Crippen LogP contribution in [0, 0.1) is 0 Å². The second-order valence-electron chi connectivity index (χ2n) is 9.39. The number of likely N-dealkylation sites (N-methyl/N-ethyl adjacent to an activating group) is 1. The third-order valence-electron chi connectivity index (χ3n) is 8.05. The molecular weight excluding hydrogens is 472 g/mol. The number of hydrogen-bond donors (Lipinski definition) is 4. The first kappa shape index (κ1) is 20.7. The number of amides is 2. The Morgan fingerprint density at radius 3 is 2.56 bits per heavy atom. The summed E-state index contributed by atoms with van der Waals surface area (Å²) in [6.45, 7) is 1.53. The number of aliphatic hydroxyl groups excluding tert-OH is 2. The fourth-order valence-corrected chi connectivity index (χ4v) is 10.5. The summed E-state index contributed by atoms with van der Waals surface area (Å²) in [5, 5.41) is 27.5. The summed E-state index contributed by atoms with van der Waals surface area (Å²) >= 11 is 0. The summed E-state index contributed by atoms with van der Waals surface area (Å²) in [6.07, 6.45) is -1.18. The van der Waals surface area contributed by atoms with Gasteiger partial charge in [-0.25, -0.2) is 0 Å². The lowest BCUT2D eigenvalue weighted by molar-refractivity contribution is -0.172. The summed E-state index contributed by atoms with van der Waals surface area (Å²) in [6, 6.07) is 15.5. The van der Waals surface area contributed by atoms with Crippen LogP contribution in [0.2, 0.25) is 0 Å². The molecule has 8 nitrogen and oxygen atoms in total. The minimum atomic E-state index is -1.53. The van der Waals surface area contributed by atoms with Gasteiger partial charge in [0.1, 0.15) is 12.3 Å². The number of anilines is 1.